The van der Waals surface area contributed by atoms with Crippen molar-refractivity contribution in [2.24, 2.45) is 5.41 Å². The fraction of sp³-hybridized carbons (Fsp3) is 0.611. The lowest BCUT2D eigenvalue weighted by Crippen LogP contribution is -2.52. The van der Waals surface area contributed by atoms with Crippen LogP contribution >= 0.6 is 11.6 Å². The first kappa shape index (κ1) is 18.2. The monoisotopic (exact) mass is 338 g/mol. The highest BCUT2D eigenvalue weighted by Crippen LogP contribution is 2.30. The summed E-state index contributed by atoms with van der Waals surface area (Å²) in [7, 11) is 1.66. The van der Waals surface area contributed by atoms with Gasteiger partial charge in [-0.2, -0.15) is 0 Å². The fourth-order valence-electron chi connectivity index (χ4n) is 3.12. The molecule has 4 nitrogen and oxygen atoms in total. The van der Waals surface area contributed by atoms with Crippen molar-refractivity contribution in [3.05, 3.63) is 34.9 Å². The number of carbonyl (C=O) groups excluding carboxylic acids is 1. The van der Waals surface area contributed by atoms with Crippen molar-refractivity contribution >= 4 is 17.5 Å². The van der Waals surface area contributed by atoms with Crippen molar-refractivity contribution in [1.29, 1.82) is 0 Å². The van der Waals surface area contributed by atoms with Gasteiger partial charge in [0.15, 0.2) is 0 Å². The molecule has 2 rings (SSSR count). The minimum Gasteiger partial charge on any atom is -0.384 e. The molecule has 0 atom stereocenters. The number of ether oxygens (including phenoxy) is 1. The third-order valence-corrected chi connectivity index (χ3v) is 5.00. The van der Waals surface area contributed by atoms with Crippen LogP contribution in [0.2, 0.25) is 5.02 Å². The number of carbonyl (C=O) groups is 1. The summed E-state index contributed by atoms with van der Waals surface area (Å²) in [5.41, 5.74) is 0.531. The Kier molecular flexibility index (Phi) is 6.06. The lowest BCUT2D eigenvalue weighted by molar-refractivity contribution is -0.136. The Bertz CT molecular complexity index is 534. The summed E-state index contributed by atoms with van der Waals surface area (Å²) in [6.07, 6.45) is 1.62. The van der Waals surface area contributed by atoms with Crippen LogP contribution in [0.15, 0.2) is 24.3 Å². The van der Waals surface area contributed by atoms with E-state index in [1.807, 2.05) is 24.3 Å². The van der Waals surface area contributed by atoms with Crippen LogP contribution in [0, 0.1) is 5.41 Å². The van der Waals surface area contributed by atoms with Crippen molar-refractivity contribution in [1.82, 2.24) is 10.6 Å². The third-order valence-electron chi connectivity index (χ3n) is 4.76. The molecule has 0 radical (unpaired) electrons. The molecule has 1 aromatic carbocycles. The van der Waals surface area contributed by atoms with E-state index in [9.17, 15) is 4.79 Å². The standard InChI is InChI=1S/C18H27ClN2O2/c1-17(2,14-5-4-6-15(19)11-14)12-21-16(22)18(13-23-3)7-9-20-10-8-18/h4-6,11,20H,7-10,12-13H2,1-3H3,(H,21,22). The van der Waals surface area contributed by atoms with Gasteiger partial charge in [0, 0.05) is 24.1 Å². The highest BCUT2D eigenvalue weighted by molar-refractivity contribution is 6.30. The smallest absolute Gasteiger partial charge is 0.228 e. The number of amides is 1. The summed E-state index contributed by atoms with van der Waals surface area (Å²) >= 11 is 6.09. The molecule has 0 saturated carbocycles. The highest BCUT2D eigenvalue weighted by Gasteiger charge is 2.40. The number of hydrogen-bond acceptors (Lipinski definition) is 3. The molecule has 1 aliphatic heterocycles. The molecule has 1 amide bonds. The molecule has 2 N–H and O–H groups in total. The van der Waals surface area contributed by atoms with E-state index in [1.54, 1.807) is 7.11 Å². The minimum absolute atomic E-state index is 0.0935. The van der Waals surface area contributed by atoms with Crippen LogP contribution in [0.4, 0.5) is 0 Å². The van der Waals surface area contributed by atoms with Crippen LogP contribution in [0.1, 0.15) is 32.3 Å². The number of benzene rings is 1. The molecule has 0 aliphatic carbocycles. The average Bonchev–Trinajstić information content (AvgIpc) is 2.54. The van der Waals surface area contributed by atoms with E-state index >= 15 is 0 Å². The summed E-state index contributed by atoms with van der Waals surface area (Å²) in [6.45, 7) is 6.99. The fourth-order valence-corrected chi connectivity index (χ4v) is 3.31. The number of piperidine rings is 1. The predicted molar refractivity (Wildman–Crippen MR) is 93.9 cm³/mol. The highest BCUT2D eigenvalue weighted by atomic mass is 35.5. The largest absolute Gasteiger partial charge is 0.384 e. The maximum Gasteiger partial charge on any atom is 0.228 e. The number of methoxy groups -OCH3 is 1. The van der Waals surface area contributed by atoms with Crippen LogP contribution in [-0.4, -0.2) is 39.3 Å². The molecule has 0 bridgehead atoms. The number of nitrogens with one attached hydrogen (secondary N) is 2. The Labute approximate surface area is 143 Å². The molecule has 128 valence electrons. The number of hydrogen-bond donors (Lipinski definition) is 2. The molecule has 1 aromatic rings. The van der Waals surface area contributed by atoms with Gasteiger partial charge in [-0.1, -0.05) is 37.6 Å². The average molecular weight is 339 g/mol. The lowest BCUT2D eigenvalue weighted by Gasteiger charge is -2.37. The molecule has 0 aromatic heterocycles. The maximum absolute atomic E-state index is 12.8. The first-order chi connectivity index (χ1) is 10.9. The molecule has 1 saturated heterocycles. The second-order valence-electron chi connectivity index (χ2n) is 7.04. The van der Waals surface area contributed by atoms with Gasteiger partial charge in [-0.3, -0.25) is 4.79 Å². The van der Waals surface area contributed by atoms with Crippen LogP contribution in [0.25, 0.3) is 0 Å². The third kappa shape index (κ3) is 4.46. The summed E-state index contributed by atoms with van der Waals surface area (Å²) in [5, 5.41) is 7.17. The van der Waals surface area contributed by atoms with Gasteiger partial charge >= 0.3 is 0 Å². The molecule has 23 heavy (non-hydrogen) atoms. The van der Waals surface area contributed by atoms with Crippen LogP contribution < -0.4 is 10.6 Å². The first-order valence-corrected chi connectivity index (χ1v) is 8.51. The van der Waals surface area contributed by atoms with Crippen molar-refractivity contribution in [3.63, 3.8) is 0 Å². The van der Waals surface area contributed by atoms with Gasteiger partial charge in [0.1, 0.15) is 0 Å². The topological polar surface area (TPSA) is 50.4 Å². The van der Waals surface area contributed by atoms with Gasteiger partial charge in [-0.05, 0) is 43.6 Å². The first-order valence-electron chi connectivity index (χ1n) is 8.14. The van der Waals surface area contributed by atoms with E-state index in [2.05, 4.69) is 24.5 Å². The predicted octanol–water partition coefficient (Wildman–Crippen LogP) is 2.75. The van der Waals surface area contributed by atoms with E-state index in [0.717, 1.165) is 36.5 Å². The zero-order valence-corrected chi connectivity index (χ0v) is 15.0. The molecule has 1 aliphatic rings. The van der Waals surface area contributed by atoms with Gasteiger partial charge in [-0.25, -0.2) is 0 Å². The second-order valence-corrected chi connectivity index (χ2v) is 7.48. The molecule has 0 unspecified atom stereocenters. The molecule has 5 heteroatoms. The quantitative estimate of drug-likeness (QED) is 0.838. The summed E-state index contributed by atoms with van der Waals surface area (Å²) in [6, 6.07) is 7.82. The SMILES string of the molecule is COCC1(C(=O)NCC(C)(C)c2cccc(Cl)c2)CCNCC1. The lowest BCUT2D eigenvalue weighted by atomic mass is 9.78. The minimum atomic E-state index is -0.412. The van der Waals surface area contributed by atoms with Crippen molar-refractivity contribution in [2.75, 3.05) is 33.4 Å². The molecule has 1 fully saturated rings. The Morgan fingerprint density at radius 2 is 2.09 bits per heavy atom. The van der Waals surface area contributed by atoms with Crippen LogP contribution in [-0.2, 0) is 14.9 Å². The zero-order chi connectivity index (χ0) is 16.9. The second kappa shape index (κ2) is 7.65. The van der Waals surface area contributed by atoms with Gasteiger partial charge in [0.25, 0.3) is 0 Å². The number of halogens is 1. The normalized spacial score (nSPS) is 17.7. The summed E-state index contributed by atoms with van der Waals surface area (Å²) < 4.78 is 5.33. The Balaban J connectivity index is 2.04. The summed E-state index contributed by atoms with van der Waals surface area (Å²) in [5.74, 6) is 0.0935. The van der Waals surface area contributed by atoms with E-state index < -0.39 is 5.41 Å². The molecule has 0 spiro atoms. The van der Waals surface area contributed by atoms with Crippen molar-refractivity contribution < 1.29 is 9.53 Å². The van der Waals surface area contributed by atoms with Crippen molar-refractivity contribution in [3.8, 4) is 0 Å². The zero-order valence-electron chi connectivity index (χ0n) is 14.2. The van der Waals surface area contributed by atoms with E-state index in [1.165, 1.54) is 0 Å². The Morgan fingerprint density at radius 3 is 2.70 bits per heavy atom. The van der Waals surface area contributed by atoms with Crippen LogP contribution in [0.3, 0.4) is 0 Å². The van der Waals surface area contributed by atoms with Gasteiger partial charge in [-0.15, -0.1) is 0 Å². The van der Waals surface area contributed by atoms with Crippen molar-refractivity contribution in [2.45, 2.75) is 32.1 Å². The Morgan fingerprint density at radius 1 is 1.39 bits per heavy atom. The van der Waals surface area contributed by atoms with Gasteiger partial charge in [0.2, 0.25) is 5.91 Å². The van der Waals surface area contributed by atoms with E-state index in [0.29, 0.717) is 13.2 Å². The maximum atomic E-state index is 12.8. The number of rotatable bonds is 6. The van der Waals surface area contributed by atoms with E-state index in [4.69, 9.17) is 16.3 Å². The van der Waals surface area contributed by atoms with Gasteiger partial charge in [0.05, 0.1) is 12.0 Å². The Hall–Kier alpha value is -1.10. The molecular formula is C18H27ClN2O2. The molecule has 1 heterocycles. The van der Waals surface area contributed by atoms with Crippen LogP contribution in [0.5, 0.6) is 0 Å². The summed E-state index contributed by atoms with van der Waals surface area (Å²) in [4.78, 5) is 12.8. The van der Waals surface area contributed by atoms with E-state index in [-0.39, 0.29) is 11.3 Å². The molecular weight excluding hydrogens is 312 g/mol. The van der Waals surface area contributed by atoms with Gasteiger partial charge < -0.3 is 15.4 Å².